The first kappa shape index (κ1) is 42.1. The van der Waals surface area contributed by atoms with E-state index in [-0.39, 0.29) is 27.4 Å². The number of imidazole rings is 1. The summed E-state index contributed by atoms with van der Waals surface area (Å²) < 4.78 is 2.28. The molecule has 1 N–H and O–H groups in total. The Kier molecular flexibility index (Phi) is 9.79. The van der Waals surface area contributed by atoms with E-state index in [4.69, 9.17) is 9.97 Å². The van der Waals surface area contributed by atoms with Gasteiger partial charge in [0.25, 0.3) is 0 Å². The van der Waals surface area contributed by atoms with Gasteiger partial charge in [0.2, 0.25) is 0 Å². The number of benzene rings is 6. The zero-order valence-corrected chi connectivity index (χ0v) is 39.4. The SMILES string of the molecule is Cc1ccc(-n2c(-c3cc(C(C)(C)C)cc(C(C)(C)C)c3O)nc3c(-c4cc(-c5cc6c(cn5)C(C)(C)c5cc(C)ccc5-6)cc(C(C)(C)C)c4)cccc32)c(-c2ccccc2)c1. The van der Waals surface area contributed by atoms with Crippen molar-refractivity contribution in [3.8, 4) is 67.5 Å². The summed E-state index contributed by atoms with van der Waals surface area (Å²) in [5, 5.41) is 12.5. The second-order valence-corrected chi connectivity index (χ2v) is 21.6. The highest BCUT2D eigenvalue weighted by Crippen LogP contribution is 2.50. The molecular weight excluding hydrogens is 767 g/mol. The summed E-state index contributed by atoms with van der Waals surface area (Å²) in [5.41, 5.74) is 20.1. The van der Waals surface area contributed by atoms with Crippen molar-refractivity contribution in [3.05, 3.63) is 166 Å². The third-order valence-corrected chi connectivity index (χ3v) is 13.3. The molecule has 0 fully saturated rings. The van der Waals surface area contributed by atoms with Gasteiger partial charge in [-0.15, -0.1) is 0 Å². The van der Waals surface area contributed by atoms with E-state index in [0.717, 1.165) is 66.9 Å². The maximum absolute atomic E-state index is 12.5. The summed E-state index contributed by atoms with van der Waals surface area (Å²) in [6.45, 7) is 29.0. The molecule has 0 aliphatic heterocycles. The van der Waals surface area contributed by atoms with Crippen molar-refractivity contribution in [2.45, 2.75) is 112 Å². The number of hydrogen-bond acceptors (Lipinski definition) is 3. The molecule has 1 aliphatic rings. The quantitative estimate of drug-likeness (QED) is 0.188. The molecule has 4 heteroatoms. The highest BCUT2D eigenvalue weighted by atomic mass is 16.3. The summed E-state index contributed by atoms with van der Waals surface area (Å²) in [7, 11) is 0. The van der Waals surface area contributed by atoms with Crippen LogP contribution in [0.2, 0.25) is 0 Å². The van der Waals surface area contributed by atoms with Gasteiger partial charge in [-0.05, 0) is 117 Å². The topological polar surface area (TPSA) is 50.9 Å². The fraction of sp³-hybridized carbons (Fsp3) is 0.288. The molecule has 0 amide bonds. The van der Waals surface area contributed by atoms with Crippen molar-refractivity contribution >= 4 is 11.0 Å². The predicted octanol–water partition coefficient (Wildman–Crippen LogP) is 15.6. The van der Waals surface area contributed by atoms with Gasteiger partial charge in [-0.25, -0.2) is 4.98 Å². The molecule has 0 saturated heterocycles. The maximum Gasteiger partial charge on any atom is 0.149 e. The van der Waals surface area contributed by atoms with Crippen LogP contribution in [0.5, 0.6) is 5.75 Å². The Morgan fingerprint density at radius 2 is 1.19 bits per heavy atom. The van der Waals surface area contributed by atoms with Crippen molar-refractivity contribution in [2.24, 2.45) is 0 Å². The molecule has 1 aliphatic carbocycles. The van der Waals surface area contributed by atoms with E-state index < -0.39 is 0 Å². The molecule has 2 heterocycles. The lowest BCUT2D eigenvalue weighted by Gasteiger charge is -2.27. The smallest absolute Gasteiger partial charge is 0.149 e. The van der Waals surface area contributed by atoms with Crippen LogP contribution in [0.4, 0.5) is 0 Å². The van der Waals surface area contributed by atoms with Gasteiger partial charge >= 0.3 is 0 Å². The molecule has 0 saturated carbocycles. The first-order chi connectivity index (χ1) is 29.6. The molecular formula is C59H61N3O. The van der Waals surface area contributed by atoms with Crippen LogP contribution in [-0.2, 0) is 21.7 Å². The van der Waals surface area contributed by atoms with E-state index in [1.807, 2.05) is 0 Å². The second-order valence-electron chi connectivity index (χ2n) is 21.6. The minimum Gasteiger partial charge on any atom is -0.507 e. The van der Waals surface area contributed by atoms with E-state index in [1.165, 1.54) is 38.9 Å². The van der Waals surface area contributed by atoms with Crippen molar-refractivity contribution in [1.82, 2.24) is 14.5 Å². The van der Waals surface area contributed by atoms with Crippen LogP contribution in [0.1, 0.15) is 115 Å². The number of rotatable bonds is 5. The number of hydrogen-bond donors (Lipinski definition) is 1. The summed E-state index contributed by atoms with van der Waals surface area (Å²) in [4.78, 5) is 10.9. The Hall–Kier alpha value is -6.26. The number of fused-ring (bicyclic) bond motifs is 4. The standard InChI is InChI=1S/C59H61N3O/c1-35-23-25-51(44(26-35)37-18-15-14-16-19-37)62-52-21-17-20-42(53(52)61-55(62)46-31-41(57(6,7)8)32-48(54(46)63)58(9,10)11)38-28-39(30-40(29-38)56(3,4)5)50-33-45-43-24-22-36(2)27-47(43)59(12,13)49(45)34-60-50/h14-34,63H,1-13H3. The average Bonchev–Trinajstić information content (AvgIpc) is 3.71. The fourth-order valence-corrected chi connectivity index (χ4v) is 9.51. The highest BCUT2D eigenvalue weighted by Gasteiger charge is 2.36. The van der Waals surface area contributed by atoms with E-state index in [0.29, 0.717) is 5.82 Å². The minimum absolute atomic E-state index is 0.126. The van der Waals surface area contributed by atoms with Crippen molar-refractivity contribution in [3.63, 3.8) is 0 Å². The van der Waals surface area contributed by atoms with Crippen LogP contribution >= 0.6 is 0 Å². The first-order valence-corrected chi connectivity index (χ1v) is 22.5. The van der Waals surface area contributed by atoms with Gasteiger partial charge in [0.15, 0.2) is 0 Å². The second kappa shape index (κ2) is 14.7. The Bertz CT molecular complexity index is 3110. The number of aromatic hydroxyl groups is 1. The van der Waals surface area contributed by atoms with Crippen LogP contribution < -0.4 is 0 Å². The number of phenols is 1. The zero-order valence-electron chi connectivity index (χ0n) is 39.4. The highest BCUT2D eigenvalue weighted by molar-refractivity contribution is 5.98. The number of nitrogens with zero attached hydrogens (tertiary/aromatic N) is 3. The van der Waals surface area contributed by atoms with E-state index in [2.05, 4.69) is 222 Å². The Morgan fingerprint density at radius 1 is 0.524 bits per heavy atom. The molecule has 8 aromatic rings. The van der Waals surface area contributed by atoms with Gasteiger partial charge in [-0.1, -0.05) is 166 Å². The number of phenolic OH excluding ortho intramolecular Hbond substituents is 1. The predicted molar refractivity (Wildman–Crippen MR) is 265 cm³/mol. The molecule has 0 bridgehead atoms. The molecule has 318 valence electrons. The molecule has 0 unspecified atom stereocenters. The van der Waals surface area contributed by atoms with Crippen LogP contribution in [0.3, 0.4) is 0 Å². The van der Waals surface area contributed by atoms with Crippen molar-refractivity contribution < 1.29 is 5.11 Å². The van der Waals surface area contributed by atoms with Gasteiger partial charge in [0, 0.05) is 33.9 Å². The van der Waals surface area contributed by atoms with Gasteiger partial charge < -0.3 is 5.11 Å². The Labute approximate surface area is 374 Å². The third kappa shape index (κ3) is 7.28. The number of pyridine rings is 1. The monoisotopic (exact) mass is 827 g/mol. The third-order valence-electron chi connectivity index (χ3n) is 13.3. The summed E-state index contributed by atoms with van der Waals surface area (Å²) in [6, 6.07) is 44.2. The van der Waals surface area contributed by atoms with Crippen LogP contribution in [-0.4, -0.2) is 19.6 Å². The van der Waals surface area contributed by atoms with E-state index in [1.54, 1.807) is 0 Å². The summed E-state index contributed by atoms with van der Waals surface area (Å²) in [6.07, 6.45) is 2.11. The van der Waals surface area contributed by atoms with Gasteiger partial charge in [0.05, 0.1) is 28.0 Å². The van der Waals surface area contributed by atoms with E-state index >= 15 is 0 Å². The van der Waals surface area contributed by atoms with Crippen LogP contribution in [0.15, 0.2) is 128 Å². The fourth-order valence-electron chi connectivity index (χ4n) is 9.51. The van der Waals surface area contributed by atoms with Gasteiger partial charge in [-0.3, -0.25) is 9.55 Å². The molecule has 0 radical (unpaired) electrons. The van der Waals surface area contributed by atoms with Crippen LogP contribution in [0, 0.1) is 13.8 Å². The number of aromatic nitrogens is 3. The normalized spacial score (nSPS) is 13.7. The van der Waals surface area contributed by atoms with E-state index in [9.17, 15) is 5.11 Å². The van der Waals surface area contributed by atoms with Crippen molar-refractivity contribution in [2.75, 3.05) is 0 Å². The Balaban J connectivity index is 1.34. The molecule has 0 spiro atoms. The molecule has 2 aromatic heterocycles. The summed E-state index contributed by atoms with van der Waals surface area (Å²) in [5.74, 6) is 0.971. The molecule has 0 atom stereocenters. The van der Waals surface area contributed by atoms with Gasteiger partial charge in [0.1, 0.15) is 11.6 Å². The van der Waals surface area contributed by atoms with Crippen molar-refractivity contribution in [1.29, 1.82) is 0 Å². The largest absolute Gasteiger partial charge is 0.507 e. The lowest BCUT2D eigenvalue weighted by Crippen LogP contribution is -2.17. The number of aryl methyl sites for hydroxylation is 2. The van der Waals surface area contributed by atoms with Gasteiger partial charge in [-0.2, -0.15) is 0 Å². The number of para-hydroxylation sites is 1. The zero-order chi connectivity index (χ0) is 45.0. The summed E-state index contributed by atoms with van der Waals surface area (Å²) >= 11 is 0. The minimum atomic E-state index is -0.312. The Morgan fingerprint density at radius 3 is 1.89 bits per heavy atom. The lowest BCUT2D eigenvalue weighted by molar-refractivity contribution is 0.446. The lowest BCUT2D eigenvalue weighted by atomic mass is 9.79. The molecule has 4 nitrogen and oxygen atoms in total. The average molecular weight is 828 g/mol. The molecule has 6 aromatic carbocycles. The maximum atomic E-state index is 12.5. The molecule has 63 heavy (non-hydrogen) atoms. The molecule has 9 rings (SSSR count). The van der Waals surface area contributed by atoms with Crippen LogP contribution in [0.25, 0.3) is 72.7 Å². The first-order valence-electron chi connectivity index (χ1n) is 22.5.